The zero-order valence-electron chi connectivity index (χ0n) is 9.38. The summed E-state index contributed by atoms with van der Waals surface area (Å²) in [5, 5.41) is 9.08. The minimum absolute atomic E-state index is 0.0297. The SMILES string of the molecule is CCOC(=O)c1cc2c(C#N)cc(Cl)c(F)c2[nH]1. The Morgan fingerprint density at radius 3 is 2.94 bits per heavy atom. The van der Waals surface area contributed by atoms with E-state index in [1.165, 1.54) is 12.1 Å². The molecule has 92 valence electrons. The van der Waals surface area contributed by atoms with E-state index in [9.17, 15) is 9.18 Å². The summed E-state index contributed by atoms with van der Waals surface area (Å²) in [6.45, 7) is 1.88. The molecular formula is C12H8ClFN2O2. The first-order valence-corrected chi connectivity index (χ1v) is 5.54. The second kappa shape index (κ2) is 4.67. The van der Waals surface area contributed by atoms with E-state index in [4.69, 9.17) is 21.6 Å². The van der Waals surface area contributed by atoms with E-state index >= 15 is 0 Å². The average Bonchev–Trinajstić information content (AvgIpc) is 2.79. The van der Waals surface area contributed by atoms with Gasteiger partial charge < -0.3 is 9.72 Å². The number of benzene rings is 1. The average molecular weight is 267 g/mol. The maximum absolute atomic E-state index is 13.8. The fourth-order valence-electron chi connectivity index (χ4n) is 1.64. The Bertz CT molecular complexity index is 673. The van der Waals surface area contributed by atoms with Crippen molar-refractivity contribution in [2.45, 2.75) is 6.92 Å². The van der Waals surface area contributed by atoms with E-state index < -0.39 is 11.8 Å². The van der Waals surface area contributed by atoms with Gasteiger partial charge in [0.2, 0.25) is 0 Å². The molecule has 0 saturated heterocycles. The molecule has 1 aromatic heterocycles. The van der Waals surface area contributed by atoms with Gasteiger partial charge in [0.25, 0.3) is 0 Å². The first kappa shape index (κ1) is 12.4. The third-order valence-electron chi connectivity index (χ3n) is 2.42. The molecule has 0 aliphatic rings. The molecule has 0 saturated carbocycles. The predicted molar refractivity (Wildman–Crippen MR) is 63.9 cm³/mol. The Labute approximate surface area is 107 Å². The van der Waals surface area contributed by atoms with Gasteiger partial charge in [-0.15, -0.1) is 0 Å². The van der Waals surface area contributed by atoms with Gasteiger partial charge in [0, 0.05) is 5.39 Å². The van der Waals surface area contributed by atoms with Crippen LogP contribution in [-0.4, -0.2) is 17.6 Å². The molecule has 0 aliphatic carbocycles. The van der Waals surface area contributed by atoms with Crippen LogP contribution in [0, 0.1) is 17.1 Å². The molecule has 0 spiro atoms. The molecule has 1 N–H and O–H groups in total. The highest BCUT2D eigenvalue weighted by Gasteiger charge is 2.17. The molecule has 0 bridgehead atoms. The standard InChI is InChI=1S/C12H8ClFN2O2/c1-2-18-12(17)9-4-7-6(5-15)3-8(13)10(14)11(7)16-9/h3-4,16H,2H2,1H3. The lowest BCUT2D eigenvalue weighted by Gasteiger charge is -1.98. The molecule has 2 aromatic rings. The van der Waals surface area contributed by atoms with Crippen LogP contribution in [0.25, 0.3) is 10.9 Å². The minimum Gasteiger partial charge on any atom is -0.461 e. The Morgan fingerprint density at radius 1 is 1.61 bits per heavy atom. The van der Waals surface area contributed by atoms with E-state index in [-0.39, 0.29) is 28.4 Å². The number of nitriles is 1. The summed E-state index contributed by atoms with van der Waals surface area (Å²) in [5.41, 5.74) is 0.315. The molecule has 0 fully saturated rings. The largest absolute Gasteiger partial charge is 0.461 e. The van der Waals surface area contributed by atoms with Crippen LogP contribution in [0.5, 0.6) is 0 Å². The van der Waals surface area contributed by atoms with Gasteiger partial charge in [-0.1, -0.05) is 11.6 Å². The third kappa shape index (κ3) is 1.91. The first-order chi connectivity index (χ1) is 8.58. The number of carbonyl (C=O) groups is 1. The van der Waals surface area contributed by atoms with E-state index in [1.807, 2.05) is 6.07 Å². The van der Waals surface area contributed by atoms with Crippen molar-refractivity contribution in [1.82, 2.24) is 4.98 Å². The van der Waals surface area contributed by atoms with Crippen LogP contribution in [0.15, 0.2) is 12.1 Å². The molecule has 6 heteroatoms. The molecule has 0 radical (unpaired) electrons. The Kier molecular flexibility index (Phi) is 3.21. The van der Waals surface area contributed by atoms with Gasteiger partial charge in [-0.25, -0.2) is 9.18 Å². The van der Waals surface area contributed by atoms with Gasteiger partial charge in [0.1, 0.15) is 5.69 Å². The van der Waals surface area contributed by atoms with Crippen molar-refractivity contribution in [1.29, 1.82) is 5.26 Å². The van der Waals surface area contributed by atoms with Gasteiger partial charge in [0.15, 0.2) is 5.82 Å². The fraction of sp³-hybridized carbons (Fsp3) is 0.167. The van der Waals surface area contributed by atoms with Crippen molar-refractivity contribution in [3.63, 3.8) is 0 Å². The zero-order chi connectivity index (χ0) is 13.3. The topological polar surface area (TPSA) is 65.9 Å². The number of fused-ring (bicyclic) bond motifs is 1. The smallest absolute Gasteiger partial charge is 0.354 e. The number of hydrogen-bond acceptors (Lipinski definition) is 3. The summed E-state index contributed by atoms with van der Waals surface area (Å²) >= 11 is 5.66. The van der Waals surface area contributed by atoms with E-state index in [2.05, 4.69) is 4.98 Å². The van der Waals surface area contributed by atoms with Gasteiger partial charge in [0.05, 0.1) is 28.8 Å². The van der Waals surface area contributed by atoms with Crippen LogP contribution in [0.2, 0.25) is 5.02 Å². The molecule has 0 amide bonds. The number of rotatable bonds is 2. The first-order valence-electron chi connectivity index (χ1n) is 5.16. The lowest BCUT2D eigenvalue weighted by atomic mass is 10.1. The lowest BCUT2D eigenvalue weighted by Crippen LogP contribution is -2.04. The Hall–Kier alpha value is -2.06. The van der Waals surface area contributed by atoms with Crippen LogP contribution >= 0.6 is 11.6 Å². The van der Waals surface area contributed by atoms with Crippen molar-refractivity contribution in [2.24, 2.45) is 0 Å². The van der Waals surface area contributed by atoms with Crippen molar-refractivity contribution in [3.05, 3.63) is 34.2 Å². The van der Waals surface area contributed by atoms with Crippen molar-refractivity contribution < 1.29 is 13.9 Å². The number of aromatic nitrogens is 1. The summed E-state index contributed by atoms with van der Waals surface area (Å²) in [5.74, 6) is -1.30. The summed E-state index contributed by atoms with van der Waals surface area (Å²) < 4.78 is 18.5. The van der Waals surface area contributed by atoms with E-state index in [0.717, 1.165) is 0 Å². The van der Waals surface area contributed by atoms with Gasteiger partial charge >= 0.3 is 5.97 Å². The minimum atomic E-state index is -0.693. The second-order valence-electron chi connectivity index (χ2n) is 3.52. The number of hydrogen-bond donors (Lipinski definition) is 1. The number of halogens is 2. The molecule has 1 heterocycles. The third-order valence-corrected chi connectivity index (χ3v) is 2.70. The highest BCUT2D eigenvalue weighted by molar-refractivity contribution is 6.31. The maximum Gasteiger partial charge on any atom is 0.354 e. The highest BCUT2D eigenvalue weighted by Crippen LogP contribution is 2.28. The van der Waals surface area contributed by atoms with Gasteiger partial charge in [-0.2, -0.15) is 5.26 Å². The maximum atomic E-state index is 13.8. The highest BCUT2D eigenvalue weighted by atomic mass is 35.5. The molecular weight excluding hydrogens is 259 g/mol. The Balaban J connectivity index is 2.67. The van der Waals surface area contributed by atoms with Crippen LogP contribution in [0.3, 0.4) is 0 Å². The van der Waals surface area contributed by atoms with Crippen molar-refractivity contribution in [3.8, 4) is 6.07 Å². The van der Waals surface area contributed by atoms with Gasteiger partial charge in [-0.05, 0) is 19.1 Å². The summed E-state index contributed by atoms with van der Waals surface area (Å²) in [7, 11) is 0. The number of H-pyrrole nitrogens is 1. The number of esters is 1. The lowest BCUT2D eigenvalue weighted by molar-refractivity contribution is 0.0520. The monoisotopic (exact) mass is 266 g/mol. The van der Waals surface area contributed by atoms with E-state index in [1.54, 1.807) is 6.92 Å². The number of carbonyl (C=O) groups excluding carboxylic acids is 1. The van der Waals surface area contributed by atoms with Crippen LogP contribution in [-0.2, 0) is 4.74 Å². The molecule has 2 rings (SSSR count). The van der Waals surface area contributed by atoms with Crippen LogP contribution in [0.4, 0.5) is 4.39 Å². The Morgan fingerprint density at radius 2 is 2.33 bits per heavy atom. The number of nitrogens with one attached hydrogen (secondary N) is 1. The summed E-state index contributed by atoms with van der Waals surface area (Å²) in [4.78, 5) is 14.1. The van der Waals surface area contributed by atoms with Gasteiger partial charge in [-0.3, -0.25) is 0 Å². The predicted octanol–water partition coefficient (Wildman–Crippen LogP) is 3.01. The molecule has 0 unspecified atom stereocenters. The van der Waals surface area contributed by atoms with Crippen molar-refractivity contribution >= 4 is 28.5 Å². The zero-order valence-corrected chi connectivity index (χ0v) is 10.1. The van der Waals surface area contributed by atoms with E-state index in [0.29, 0.717) is 5.39 Å². The second-order valence-corrected chi connectivity index (χ2v) is 3.93. The summed E-state index contributed by atoms with van der Waals surface area (Å²) in [6, 6.07) is 4.50. The van der Waals surface area contributed by atoms with Crippen molar-refractivity contribution in [2.75, 3.05) is 6.61 Å². The van der Waals surface area contributed by atoms with Crippen LogP contribution in [0.1, 0.15) is 23.0 Å². The molecule has 1 aromatic carbocycles. The molecule has 18 heavy (non-hydrogen) atoms. The quantitative estimate of drug-likeness (QED) is 0.850. The number of nitrogens with zero attached hydrogens (tertiary/aromatic N) is 1. The number of aromatic amines is 1. The van der Waals surface area contributed by atoms with Crippen LogP contribution < -0.4 is 0 Å². The molecule has 0 aliphatic heterocycles. The number of ether oxygens (including phenoxy) is 1. The summed E-state index contributed by atoms with van der Waals surface area (Å²) in [6.07, 6.45) is 0. The fourth-order valence-corrected chi connectivity index (χ4v) is 1.84. The molecule has 0 atom stereocenters. The normalized spacial score (nSPS) is 10.3. The molecule has 4 nitrogen and oxygen atoms in total.